The minimum Gasteiger partial charge on any atom is -0.385 e. The Hall–Kier alpha value is -0.610. The summed E-state index contributed by atoms with van der Waals surface area (Å²) >= 11 is 0. The standard InChI is InChI=1S/C15H27NO3/c1-12(2)8-14(17)16-10-15(11-16)9-13(4-6-18-3)5-7-19-15/h12-13H,4-11H2,1-3H3/t13-/m1/s1. The molecule has 0 aromatic carbocycles. The lowest BCUT2D eigenvalue weighted by molar-refractivity contribution is -0.189. The average Bonchev–Trinajstić information content (AvgIpc) is 2.32. The van der Waals surface area contributed by atoms with Gasteiger partial charge in [-0.2, -0.15) is 0 Å². The molecule has 110 valence electrons. The van der Waals surface area contributed by atoms with Crippen LogP contribution in [0.5, 0.6) is 0 Å². The van der Waals surface area contributed by atoms with Gasteiger partial charge >= 0.3 is 0 Å². The highest BCUT2D eigenvalue weighted by Crippen LogP contribution is 2.38. The van der Waals surface area contributed by atoms with E-state index in [2.05, 4.69) is 13.8 Å². The van der Waals surface area contributed by atoms with Crippen molar-refractivity contribution in [3.63, 3.8) is 0 Å². The van der Waals surface area contributed by atoms with Crippen LogP contribution >= 0.6 is 0 Å². The highest BCUT2D eigenvalue weighted by Gasteiger charge is 2.48. The monoisotopic (exact) mass is 269 g/mol. The number of carbonyl (C=O) groups excluding carboxylic acids is 1. The maximum absolute atomic E-state index is 12.0. The first-order valence-electron chi connectivity index (χ1n) is 7.45. The Morgan fingerprint density at radius 1 is 1.47 bits per heavy atom. The molecule has 4 heteroatoms. The molecule has 0 N–H and O–H groups in total. The van der Waals surface area contributed by atoms with E-state index in [0.29, 0.717) is 18.3 Å². The van der Waals surface area contributed by atoms with Crippen molar-refractivity contribution < 1.29 is 14.3 Å². The van der Waals surface area contributed by atoms with Gasteiger partial charge in [0.15, 0.2) is 0 Å². The minimum atomic E-state index is -0.0384. The zero-order valence-corrected chi connectivity index (χ0v) is 12.5. The number of ether oxygens (including phenoxy) is 2. The van der Waals surface area contributed by atoms with Crippen molar-refractivity contribution >= 4 is 5.91 Å². The summed E-state index contributed by atoms with van der Waals surface area (Å²) in [6.45, 7) is 7.43. The molecular formula is C15H27NO3. The Labute approximate surface area is 116 Å². The van der Waals surface area contributed by atoms with Gasteiger partial charge in [-0.1, -0.05) is 13.8 Å². The smallest absolute Gasteiger partial charge is 0.223 e. The molecule has 2 heterocycles. The number of likely N-dealkylation sites (tertiary alicyclic amines) is 1. The van der Waals surface area contributed by atoms with Crippen molar-refractivity contribution in [2.45, 2.75) is 45.1 Å². The first-order chi connectivity index (χ1) is 9.04. The third-order valence-electron chi connectivity index (χ3n) is 4.22. The first kappa shape index (κ1) is 14.8. The van der Waals surface area contributed by atoms with E-state index in [1.807, 2.05) is 4.90 Å². The molecule has 0 aliphatic carbocycles. The molecule has 19 heavy (non-hydrogen) atoms. The van der Waals surface area contributed by atoms with E-state index in [4.69, 9.17) is 9.47 Å². The van der Waals surface area contributed by atoms with Gasteiger partial charge in [-0.15, -0.1) is 0 Å². The molecule has 2 saturated heterocycles. The van der Waals surface area contributed by atoms with Gasteiger partial charge in [0.2, 0.25) is 5.91 Å². The fourth-order valence-corrected chi connectivity index (χ4v) is 3.18. The van der Waals surface area contributed by atoms with Crippen LogP contribution in [0.15, 0.2) is 0 Å². The van der Waals surface area contributed by atoms with Crippen molar-refractivity contribution in [1.29, 1.82) is 0 Å². The number of rotatable bonds is 5. The summed E-state index contributed by atoms with van der Waals surface area (Å²) in [7, 11) is 1.75. The van der Waals surface area contributed by atoms with Crippen LogP contribution in [-0.4, -0.2) is 49.8 Å². The van der Waals surface area contributed by atoms with Crippen LogP contribution in [0.4, 0.5) is 0 Å². The van der Waals surface area contributed by atoms with Gasteiger partial charge in [0.05, 0.1) is 13.1 Å². The minimum absolute atomic E-state index is 0.0384. The molecule has 4 nitrogen and oxygen atoms in total. The van der Waals surface area contributed by atoms with E-state index in [-0.39, 0.29) is 11.5 Å². The molecule has 0 aromatic heterocycles. The number of methoxy groups -OCH3 is 1. The van der Waals surface area contributed by atoms with Crippen molar-refractivity contribution in [2.75, 3.05) is 33.4 Å². The Morgan fingerprint density at radius 2 is 2.21 bits per heavy atom. The molecule has 0 unspecified atom stereocenters. The van der Waals surface area contributed by atoms with Gasteiger partial charge in [-0.3, -0.25) is 4.79 Å². The second kappa shape index (κ2) is 6.23. The van der Waals surface area contributed by atoms with Crippen LogP contribution in [-0.2, 0) is 14.3 Å². The van der Waals surface area contributed by atoms with Gasteiger partial charge in [0, 0.05) is 26.7 Å². The summed E-state index contributed by atoms with van der Waals surface area (Å²) in [6, 6.07) is 0. The Morgan fingerprint density at radius 3 is 2.84 bits per heavy atom. The van der Waals surface area contributed by atoms with Crippen molar-refractivity contribution in [3.8, 4) is 0 Å². The third-order valence-corrected chi connectivity index (χ3v) is 4.22. The van der Waals surface area contributed by atoms with Gasteiger partial charge in [-0.05, 0) is 31.1 Å². The molecule has 0 radical (unpaired) electrons. The van der Waals surface area contributed by atoms with E-state index in [1.165, 1.54) is 0 Å². The lowest BCUT2D eigenvalue weighted by Crippen LogP contribution is -2.66. The lowest BCUT2D eigenvalue weighted by Gasteiger charge is -2.53. The molecule has 2 aliphatic rings. The Kier molecular flexibility index (Phi) is 4.85. The second-order valence-electron chi connectivity index (χ2n) is 6.52. The highest BCUT2D eigenvalue weighted by molar-refractivity contribution is 5.77. The second-order valence-corrected chi connectivity index (χ2v) is 6.52. The van der Waals surface area contributed by atoms with Gasteiger partial charge in [0.1, 0.15) is 5.60 Å². The van der Waals surface area contributed by atoms with Crippen molar-refractivity contribution in [1.82, 2.24) is 4.90 Å². The van der Waals surface area contributed by atoms with Gasteiger partial charge in [0.25, 0.3) is 0 Å². The Balaban J connectivity index is 1.78. The number of hydrogen-bond donors (Lipinski definition) is 0. The summed E-state index contributed by atoms with van der Waals surface area (Å²) < 4.78 is 11.1. The number of hydrogen-bond acceptors (Lipinski definition) is 3. The molecule has 0 aromatic rings. The molecule has 2 rings (SSSR count). The van der Waals surface area contributed by atoms with Gasteiger partial charge in [-0.25, -0.2) is 0 Å². The van der Waals surface area contributed by atoms with E-state index in [0.717, 1.165) is 45.6 Å². The van der Waals surface area contributed by atoms with E-state index in [1.54, 1.807) is 7.11 Å². The van der Waals surface area contributed by atoms with E-state index >= 15 is 0 Å². The van der Waals surface area contributed by atoms with E-state index < -0.39 is 0 Å². The fraction of sp³-hybridized carbons (Fsp3) is 0.933. The van der Waals surface area contributed by atoms with Crippen LogP contribution in [0.2, 0.25) is 0 Å². The largest absolute Gasteiger partial charge is 0.385 e. The number of carbonyl (C=O) groups is 1. The zero-order valence-electron chi connectivity index (χ0n) is 12.5. The van der Waals surface area contributed by atoms with Gasteiger partial charge < -0.3 is 14.4 Å². The quantitative estimate of drug-likeness (QED) is 0.767. The topological polar surface area (TPSA) is 38.8 Å². The maximum Gasteiger partial charge on any atom is 0.223 e. The van der Waals surface area contributed by atoms with Crippen LogP contribution < -0.4 is 0 Å². The first-order valence-corrected chi connectivity index (χ1v) is 7.45. The predicted molar refractivity (Wildman–Crippen MR) is 73.9 cm³/mol. The maximum atomic E-state index is 12.0. The SMILES string of the molecule is COCC[C@@H]1CCOC2(C1)CN(C(=O)CC(C)C)C2. The molecule has 0 saturated carbocycles. The van der Waals surface area contributed by atoms with Crippen molar-refractivity contribution in [2.24, 2.45) is 11.8 Å². The normalized spacial score (nSPS) is 25.7. The summed E-state index contributed by atoms with van der Waals surface area (Å²) in [5.74, 6) is 1.41. The summed E-state index contributed by atoms with van der Waals surface area (Å²) in [6.07, 6.45) is 3.98. The molecule has 2 fully saturated rings. The Bertz CT molecular complexity index is 311. The zero-order chi connectivity index (χ0) is 13.9. The molecule has 1 atom stereocenters. The predicted octanol–water partition coefficient (Wildman–Crippen LogP) is 2.08. The fourth-order valence-electron chi connectivity index (χ4n) is 3.18. The molecule has 0 bridgehead atoms. The molecule has 1 amide bonds. The van der Waals surface area contributed by atoms with Crippen molar-refractivity contribution in [3.05, 3.63) is 0 Å². The molecule has 1 spiro atoms. The molecule has 2 aliphatic heterocycles. The summed E-state index contributed by atoms with van der Waals surface area (Å²) in [4.78, 5) is 13.9. The molecular weight excluding hydrogens is 242 g/mol. The van der Waals surface area contributed by atoms with E-state index in [9.17, 15) is 4.79 Å². The highest BCUT2D eigenvalue weighted by atomic mass is 16.5. The van der Waals surface area contributed by atoms with Crippen LogP contribution in [0.1, 0.15) is 39.5 Å². The van der Waals surface area contributed by atoms with Crippen LogP contribution in [0, 0.1) is 11.8 Å². The van der Waals surface area contributed by atoms with Crippen LogP contribution in [0.3, 0.4) is 0 Å². The third kappa shape index (κ3) is 3.69. The number of nitrogens with zero attached hydrogens (tertiary/aromatic N) is 1. The summed E-state index contributed by atoms with van der Waals surface area (Å²) in [5, 5.41) is 0. The lowest BCUT2D eigenvalue weighted by atomic mass is 9.79. The number of amides is 1. The van der Waals surface area contributed by atoms with Crippen LogP contribution in [0.25, 0.3) is 0 Å². The summed E-state index contributed by atoms with van der Waals surface area (Å²) in [5.41, 5.74) is -0.0384. The average molecular weight is 269 g/mol.